The van der Waals surface area contributed by atoms with Crippen LogP contribution in [0.2, 0.25) is 5.02 Å². The third-order valence-corrected chi connectivity index (χ3v) is 4.47. The van der Waals surface area contributed by atoms with Gasteiger partial charge in [0.1, 0.15) is 0 Å². The highest BCUT2D eigenvalue weighted by atomic mass is 35.5. The van der Waals surface area contributed by atoms with Gasteiger partial charge < -0.3 is 4.90 Å². The van der Waals surface area contributed by atoms with Gasteiger partial charge in [0, 0.05) is 36.5 Å². The van der Waals surface area contributed by atoms with Crippen LogP contribution >= 0.6 is 11.6 Å². The van der Waals surface area contributed by atoms with Gasteiger partial charge in [-0.1, -0.05) is 41.9 Å². The number of carbonyl (C=O) groups excluding carboxylic acids is 1. The molecule has 1 aromatic heterocycles. The topological polar surface area (TPSA) is 38.1 Å². The number of amides is 1. The fourth-order valence-electron chi connectivity index (χ4n) is 2.52. The summed E-state index contributed by atoms with van der Waals surface area (Å²) < 4.78 is 1.80. The summed E-state index contributed by atoms with van der Waals surface area (Å²) in [6, 6.07) is 15.6. The standard InChI is InChI=1S/C21H20ClN3O/c1-16-8-9-17(12-20(16)22)10-11-21(26)24(2)14-18-13-23-25(15-18)19-6-4-3-5-7-19/h3-13,15H,14H2,1-2H3/b11-10+. The van der Waals surface area contributed by atoms with Crippen LogP contribution in [0.3, 0.4) is 0 Å². The van der Waals surface area contributed by atoms with Crippen LogP contribution in [-0.4, -0.2) is 27.6 Å². The first-order valence-corrected chi connectivity index (χ1v) is 8.69. The molecule has 3 rings (SSSR count). The first-order valence-electron chi connectivity index (χ1n) is 8.31. The van der Waals surface area contributed by atoms with Crippen molar-refractivity contribution < 1.29 is 4.79 Å². The van der Waals surface area contributed by atoms with E-state index < -0.39 is 0 Å². The molecule has 5 heteroatoms. The quantitative estimate of drug-likeness (QED) is 0.624. The fraction of sp³-hybridized carbons (Fsp3) is 0.143. The van der Waals surface area contributed by atoms with Crippen molar-refractivity contribution in [3.05, 3.63) is 88.7 Å². The molecule has 0 saturated carbocycles. The predicted octanol–water partition coefficient (Wildman–Crippen LogP) is 4.51. The second-order valence-electron chi connectivity index (χ2n) is 6.16. The number of para-hydroxylation sites is 1. The van der Waals surface area contributed by atoms with Gasteiger partial charge in [0.25, 0.3) is 0 Å². The Morgan fingerprint density at radius 1 is 1.23 bits per heavy atom. The molecular weight excluding hydrogens is 346 g/mol. The van der Waals surface area contributed by atoms with E-state index in [9.17, 15) is 4.79 Å². The Labute approximate surface area is 158 Å². The molecule has 2 aromatic carbocycles. The first kappa shape index (κ1) is 18.0. The van der Waals surface area contributed by atoms with Crippen LogP contribution in [0.4, 0.5) is 0 Å². The van der Waals surface area contributed by atoms with E-state index in [1.54, 1.807) is 35.0 Å². The molecule has 26 heavy (non-hydrogen) atoms. The summed E-state index contributed by atoms with van der Waals surface area (Å²) >= 11 is 6.11. The Hall–Kier alpha value is -2.85. The third-order valence-electron chi connectivity index (χ3n) is 4.07. The second-order valence-corrected chi connectivity index (χ2v) is 6.57. The van der Waals surface area contributed by atoms with E-state index in [1.165, 1.54) is 0 Å². The van der Waals surface area contributed by atoms with Crippen LogP contribution in [0.25, 0.3) is 11.8 Å². The van der Waals surface area contributed by atoms with Crippen molar-refractivity contribution in [1.82, 2.24) is 14.7 Å². The Bertz CT molecular complexity index is 931. The molecule has 0 atom stereocenters. The monoisotopic (exact) mass is 365 g/mol. The number of carbonyl (C=O) groups is 1. The number of aromatic nitrogens is 2. The summed E-state index contributed by atoms with van der Waals surface area (Å²) in [5.41, 5.74) is 3.88. The Balaban J connectivity index is 1.63. The number of hydrogen-bond acceptors (Lipinski definition) is 2. The zero-order chi connectivity index (χ0) is 18.5. The molecule has 0 spiro atoms. The molecule has 0 unspecified atom stereocenters. The van der Waals surface area contributed by atoms with E-state index in [4.69, 9.17) is 11.6 Å². The lowest BCUT2D eigenvalue weighted by molar-refractivity contribution is -0.125. The average molecular weight is 366 g/mol. The minimum Gasteiger partial charge on any atom is -0.338 e. The summed E-state index contributed by atoms with van der Waals surface area (Å²) in [7, 11) is 1.77. The number of halogens is 1. The molecule has 0 N–H and O–H groups in total. The number of nitrogens with zero attached hydrogens (tertiary/aromatic N) is 3. The maximum absolute atomic E-state index is 12.3. The van der Waals surface area contributed by atoms with Gasteiger partial charge in [-0.2, -0.15) is 5.10 Å². The summed E-state index contributed by atoms with van der Waals surface area (Å²) in [4.78, 5) is 14.0. The zero-order valence-corrected chi connectivity index (χ0v) is 15.5. The van der Waals surface area contributed by atoms with E-state index in [2.05, 4.69) is 5.10 Å². The molecule has 0 bridgehead atoms. The van der Waals surface area contributed by atoms with Crippen LogP contribution in [0.15, 0.2) is 67.0 Å². The maximum atomic E-state index is 12.3. The molecule has 4 nitrogen and oxygen atoms in total. The van der Waals surface area contributed by atoms with E-state index in [0.29, 0.717) is 11.6 Å². The summed E-state index contributed by atoms with van der Waals surface area (Å²) in [5.74, 6) is -0.0749. The van der Waals surface area contributed by atoms with Crippen LogP contribution in [0.5, 0.6) is 0 Å². The Morgan fingerprint density at radius 3 is 2.73 bits per heavy atom. The van der Waals surface area contributed by atoms with Crippen LogP contribution in [-0.2, 0) is 11.3 Å². The lowest BCUT2D eigenvalue weighted by Gasteiger charge is -2.13. The predicted molar refractivity (Wildman–Crippen MR) is 105 cm³/mol. The second kappa shape index (κ2) is 8.02. The lowest BCUT2D eigenvalue weighted by Crippen LogP contribution is -2.23. The Morgan fingerprint density at radius 2 is 2.00 bits per heavy atom. The molecular formula is C21H20ClN3O. The highest BCUT2D eigenvalue weighted by Gasteiger charge is 2.08. The third kappa shape index (κ3) is 4.41. The zero-order valence-electron chi connectivity index (χ0n) is 14.8. The fourth-order valence-corrected chi connectivity index (χ4v) is 2.71. The van der Waals surface area contributed by atoms with Gasteiger partial charge in [-0.3, -0.25) is 4.79 Å². The van der Waals surface area contributed by atoms with Crippen molar-refractivity contribution in [2.75, 3.05) is 7.05 Å². The number of likely N-dealkylation sites (N-methyl/N-ethyl adjacent to an activating group) is 1. The van der Waals surface area contributed by atoms with Crippen LogP contribution in [0.1, 0.15) is 16.7 Å². The largest absolute Gasteiger partial charge is 0.338 e. The van der Waals surface area contributed by atoms with Crippen molar-refractivity contribution in [3.8, 4) is 5.69 Å². The highest BCUT2D eigenvalue weighted by Crippen LogP contribution is 2.17. The molecule has 3 aromatic rings. The van der Waals surface area contributed by atoms with E-state index in [1.807, 2.05) is 61.7 Å². The number of rotatable bonds is 5. The van der Waals surface area contributed by atoms with Gasteiger partial charge in [-0.25, -0.2) is 4.68 Å². The maximum Gasteiger partial charge on any atom is 0.246 e. The number of hydrogen-bond donors (Lipinski definition) is 0. The highest BCUT2D eigenvalue weighted by molar-refractivity contribution is 6.31. The van der Waals surface area contributed by atoms with E-state index >= 15 is 0 Å². The summed E-state index contributed by atoms with van der Waals surface area (Å²) in [6.07, 6.45) is 7.04. The van der Waals surface area contributed by atoms with Crippen LogP contribution in [0, 0.1) is 6.92 Å². The van der Waals surface area contributed by atoms with Crippen molar-refractivity contribution >= 4 is 23.6 Å². The normalized spacial score (nSPS) is 11.0. The minimum absolute atomic E-state index is 0.0749. The Kier molecular flexibility index (Phi) is 5.54. The molecule has 0 aliphatic heterocycles. The van der Waals surface area contributed by atoms with Gasteiger partial charge in [0.05, 0.1) is 11.9 Å². The molecule has 132 valence electrons. The summed E-state index contributed by atoms with van der Waals surface area (Å²) in [6.45, 7) is 2.44. The van der Waals surface area contributed by atoms with Crippen molar-refractivity contribution in [1.29, 1.82) is 0 Å². The average Bonchev–Trinajstić information content (AvgIpc) is 3.11. The van der Waals surface area contributed by atoms with Crippen molar-refractivity contribution in [2.24, 2.45) is 0 Å². The SMILES string of the molecule is Cc1ccc(/C=C/C(=O)N(C)Cc2cnn(-c3ccccc3)c2)cc1Cl. The van der Waals surface area contributed by atoms with E-state index in [-0.39, 0.29) is 5.91 Å². The van der Waals surface area contributed by atoms with Gasteiger partial charge in [0.2, 0.25) is 5.91 Å². The molecule has 1 heterocycles. The van der Waals surface area contributed by atoms with Gasteiger partial charge in [0.15, 0.2) is 0 Å². The summed E-state index contributed by atoms with van der Waals surface area (Å²) in [5, 5.41) is 5.05. The molecule has 0 saturated heterocycles. The van der Waals surface area contributed by atoms with Crippen LogP contribution < -0.4 is 0 Å². The molecule has 0 aliphatic rings. The number of aryl methyl sites for hydroxylation is 1. The smallest absolute Gasteiger partial charge is 0.246 e. The molecule has 0 fully saturated rings. The minimum atomic E-state index is -0.0749. The molecule has 0 aliphatic carbocycles. The van der Waals surface area contributed by atoms with Gasteiger partial charge in [-0.15, -0.1) is 0 Å². The lowest BCUT2D eigenvalue weighted by atomic mass is 10.1. The van der Waals surface area contributed by atoms with Crippen molar-refractivity contribution in [2.45, 2.75) is 13.5 Å². The molecule has 0 radical (unpaired) electrons. The number of benzene rings is 2. The van der Waals surface area contributed by atoms with Crippen molar-refractivity contribution in [3.63, 3.8) is 0 Å². The molecule has 1 amide bonds. The van der Waals surface area contributed by atoms with E-state index in [0.717, 1.165) is 22.4 Å². The first-order chi connectivity index (χ1) is 12.5. The van der Waals surface area contributed by atoms with Gasteiger partial charge >= 0.3 is 0 Å². The van der Waals surface area contributed by atoms with Gasteiger partial charge in [-0.05, 0) is 42.3 Å².